The number of amides is 2. The van der Waals surface area contributed by atoms with Gasteiger partial charge in [0.2, 0.25) is 11.8 Å². The van der Waals surface area contributed by atoms with Crippen molar-refractivity contribution in [2.75, 3.05) is 13.1 Å². The predicted molar refractivity (Wildman–Crippen MR) is 99.2 cm³/mol. The molecule has 1 aliphatic rings. The Morgan fingerprint density at radius 1 is 1.37 bits per heavy atom. The number of nitrogens with one attached hydrogen (secondary N) is 1. The van der Waals surface area contributed by atoms with Crippen molar-refractivity contribution >= 4 is 11.8 Å². The van der Waals surface area contributed by atoms with Crippen molar-refractivity contribution < 1.29 is 14.0 Å². The largest absolute Gasteiger partial charge is 0.352 e. The standard InChI is InChI=1S/C20H25FN4O2/c1-2-25-13-16(12-23-25)11-22-20(27)17-6-7-19(26)24(14-17)9-8-15-4-3-5-18(21)10-15/h3-5,10,12-13,17H,2,6-9,11,14H2,1H3,(H,22,27)/t17-/m1/s1. The van der Waals surface area contributed by atoms with Crippen LogP contribution in [0.5, 0.6) is 0 Å². The number of benzene rings is 1. The number of carbonyl (C=O) groups is 2. The van der Waals surface area contributed by atoms with Crippen LogP contribution in [0.4, 0.5) is 4.39 Å². The van der Waals surface area contributed by atoms with Crippen molar-refractivity contribution in [1.29, 1.82) is 0 Å². The number of nitrogens with zero attached hydrogens (tertiary/aromatic N) is 3. The number of aryl methyl sites for hydroxylation is 1. The van der Waals surface area contributed by atoms with Crippen LogP contribution in [-0.4, -0.2) is 39.6 Å². The molecule has 0 unspecified atom stereocenters. The van der Waals surface area contributed by atoms with Crippen molar-refractivity contribution in [1.82, 2.24) is 20.0 Å². The Hall–Kier alpha value is -2.70. The number of halogens is 1. The average molecular weight is 372 g/mol. The zero-order valence-corrected chi connectivity index (χ0v) is 15.5. The highest BCUT2D eigenvalue weighted by atomic mass is 19.1. The number of likely N-dealkylation sites (tertiary alicyclic amines) is 1. The van der Waals surface area contributed by atoms with Crippen molar-refractivity contribution in [3.05, 3.63) is 53.6 Å². The monoisotopic (exact) mass is 372 g/mol. The number of aromatic nitrogens is 2. The summed E-state index contributed by atoms with van der Waals surface area (Å²) < 4.78 is 15.1. The van der Waals surface area contributed by atoms with E-state index in [9.17, 15) is 14.0 Å². The van der Waals surface area contributed by atoms with Crippen LogP contribution in [0.15, 0.2) is 36.7 Å². The van der Waals surface area contributed by atoms with Crippen LogP contribution < -0.4 is 5.32 Å². The third-order valence-corrected chi connectivity index (χ3v) is 4.91. The van der Waals surface area contributed by atoms with Crippen LogP contribution in [0, 0.1) is 11.7 Å². The van der Waals surface area contributed by atoms with E-state index in [1.54, 1.807) is 17.2 Å². The summed E-state index contributed by atoms with van der Waals surface area (Å²) in [5.41, 5.74) is 1.81. The van der Waals surface area contributed by atoms with Gasteiger partial charge in [-0.3, -0.25) is 14.3 Å². The maximum absolute atomic E-state index is 13.3. The van der Waals surface area contributed by atoms with E-state index in [1.165, 1.54) is 12.1 Å². The van der Waals surface area contributed by atoms with E-state index in [2.05, 4.69) is 10.4 Å². The summed E-state index contributed by atoms with van der Waals surface area (Å²) in [6, 6.07) is 6.40. The lowest BCUT2D eigenvalue weighted by Crippen LogP contribution is -2.46. The van der Waals surface area contributed by atoms with Crippen molar-refractivity contribution in [3.63, 3.8) is 0 Å². The summed E-state index contributed by atoms with van der Waals surface area (Å²) in [6.45, 7) is 4.14. The molecule has 1 saturated heterocycles. The van der Waals surface area contributed by atoms with Crippen molar-refractivity contribution in [2.24, 2.45) is 5.92 Å². The van der Waals surface area contributed by atoms with Gasteiger partial charge in [0.15, 0.2) is 0 Å². The Morgan fingerprint density at radius 2 is 2.22 bits per heavy atom. The topological polar surface area (TPSA) is 67.2 Å². The summed E-state index contributed by atoms with van der Waals surface area (Å²) in [4.78, 5) is 26.4. The maximum atomic E-state index is 13.3. The van der Waals surface area contributed by atoms with Gasteiger partial charge in [0.1, 0.15) is 5.82 Å². The van der Waals surface area contributed by atoms with Gasteiger partial charge in [-0.05, 0) is 37.5 Å². The first-order valence-corrected chi connectivity index (χ1v) is 9.36. The molecule has 1 aliphatic heterocycles. The highest BCUT2D eigenvalue weighted by molar-refractivity contribution is 5.83. The van der Waals surface area contributed by atoms with E-state index in [0.717, 1.165) is 17.7 Å². The summed E-state index contributed by atoms with van der Waals surface area (Å²) in [5.74, 6) is -0.472. The van der Waals surface area contributed by atoms with Crippen LogP contribution in [-0.2, 0) is 29.1 Å². The number of carbonyl (C=O) groups excluding carboxylic acids is 2. The summed E-state index contributed by atoms with van der Waals surface area (Å²) >= 11 is 0. The van der Waals surface area contributed by atoms with Crippen molar-refractivity contribution in [3.8, 4) is 0 Å². The second-order valence-corrected chi connectivity index (χ2v) is 6.88. The molecule has 2 aromatic rings. The van der Waals surface area contributed by atoms with Gasteiger partial charge in [0.05, 0.1) is 12.1 Å². The van der Waals surface area contributed by atoms with Crippen LogP contribution in [0.1, 0.15) is 30.9 Å². The van der Waals surface area contributed by atoms with Gasteiger partial charge in [0.25, 0.3) is 0 Å². The Balaban J connectivity index is 1.50. The van der Waals surface area contributed by atoms with Crippen LogP contribution >= 0.6 is 0 Å². The molecule has 3 rings (SSSR count). The minimum absolute atomic E-state index is 0.0393. The second kappa shape index (κ2) is 8.79. The van der Waals surface area contributed by atoms with Crippen LogP contribution in [0.3, 0.4) is 0 Å². The molecule has 1 aromatic heterocycles. The second-order valence-electron chi connectivity index (χ2n) is 6.88. The predicted octanol–water partition coefficient (Wildman–Crippen LogP) is 2.14. The molecule has 1 atom stereocenters. The van der Waals surface area contributed by atoms with Gasteiger partial charge in [-0.2, -0.15) is 5.10 Å². The Labute approximate surface area is 158 Å². The highest BCUT2D eigenvalue weighted by Crippen LogP contribution is 2.19. The zero-order valence-electron chi connectivity index (χ0n) is 15.5. The first kappa shape index (κ1) is 19.1. The van der Waals surface area contributed by atoms with Crippen LogP contribution in [0.25, 0.3) is 0 Å². The lowest BCUT2D eigenvalue weighted by molar-refractivity contribution is -0.138. The fourth-order valence-corrected chi connectivity index (χ4v) is 3.31. The fourth-order valence-electron chi connectivity index (χ4n) is 3.31. The summed E-state index contributed by atoms with van der Waals surface area (Å²) in [6.07, 6.45) is 5.17. The quantitative estimate of drug-likeness (QED) is 0.810. The molecule has 0 bridgehead atoms. The highest BCUT2D eigenvalue weighted by Gasteiger charge is 2.29. The van der Waals surface area contributed by atoms with E-state index in [1.807, 2.05) is 23.9 Å². The van der Waals surface area contributed by atoms with Gasteiger partial charge in [-0.1, -0.05) is 12.1 Å². The minimum Gasteiger partial charge on any atom is -0.352 e. The molecule has 144 valence electrons. The van der Waals surface area contributed by atoms with Gasteiger partial charge < -0.3 is 10.2 Å². The van der Waals surface area contributed by atoms with Gasteiger partial charge >= 0.3 is 0 Å². The first-order valence-electron chi connectivity index (χ1n) is 9.36. The number of hydrogen-bond donors (Lipinski definition) is 1. The summed E-state index contributed by atoms with van der Waals surface area (Å²) in [5, 5.41) is 7.14. The van der Waals surface area contributed by atoms with Crippen molar-refractivity contribution in [2.45, 2.75) is 39.3 Å². The SMILES string of the molecule is CCn1cc(CNC(=O)[C@@H]2CCC(=O)N(CCc3cccc(F)c3)C2)cn1. The lowest BCUT2D eigenvalue weighted by Gasteiger charge is -2.32. The molecule has 0 radical (unpaired) electrons. The molecule has 0 aliphatic carbocycles. The van der Waals surface area contributed by atoms with E-state index in [0.29, 0.717) is 38.9 Å². The third kappa shape index (κ3) is 5.15. The third-order valence-electron chi connectivity index (χ3n) is 4.91. The van der Waals surface area contributed by atoms with E-state index in [4.69, 9.17) is 0 Å². The molecule has 0 saturated carbocycles. The van der Waals surface area contributed by atoms with Gasteiger partial charge in [-0.25, -0.2) is 4.39 Å². The van der Waals surface area contributed by atoms with E-state index in [-0.39, 0.29) is 23.5 Å². The van der Waals surface area contributed by atoms with Gasteiger partial charge in [-0.15, -0.1) is 0 Å². The summed E-state index contributed by atoms with van der Waals surface area (Å²) in [7, 11) is 0. The molecule has 2 amide bonds. The van der Waals surface area contributed by atoms with E-state index < -0.39 is 0 Å². The molecule has 1 N–H and O–H groups in total. The number of hydrogen-bond acceptors (Lipinski definition) is 3. The Morgan fingerprint density at radius 3 is 2.96 bits per heavy atom. The molecular formula is C20H25FN4O2. The molecule has 1 aromatic carbocycles. The Bertz CT molecular complexity index is 805. The molecule has 1 fully saturated rings. The Kier molecular flexibility index (Phi) is 6.21. The molecule has 6 nitrogen and oxygen atoms in total. The molecule has 0 spiro atoms. The maximum Gasteiger partial charge on any atom is 0.225 e. The molecular weight excluding hydrogens is 347 g/mol. The molecule has 7 heteroatoms. The fraction of sp³-hybridized carbons (Fsp3) is 0.450. The molecule has 27 heavy (non-hydrogen) atoms. The first-order chi connectivity index (χ1) is 13.0. The average Bonchev–Trinajstić information content (AvgIpc) is 3.13. The number of piperidine rings is 1. The zero-order chi connectivity index (χ0) is 19.2. The van der Waals surface area contributed by atoms with Crippen LogP contribution in [0.2, 0.25) is 0 Å². The smallest absolute Gasteiger partial charge is 0.225 e. The minimum atomic E-state index is -0.277. The van der Waals surface area contributed by atoms with Gasteiger partial charge in [0, 0.05) is 44.4 Å². The molecule has 2 heterocycles. The number of rotatable bonds is 7. The normalized spacial score (nSPS) is 17.2. The lowest BCUT2D eigenvalue weighted by atomic mass is 9.96. The van der Waals surface area contributed by atoms with E-state index >= 15 is 0 Å².